The van der Waals surface area contributed by atoms with Crippen molar-refractivity contribution < 1.29 is 33.6 Å². The molecule has 0 unspecified atom stereocenters. The number of amides is 1. The van der Waals surface area contributed by atoms with Crippen LogP contribution in [0.25, 0.3) is 6.08 Å². The molecular weight excluding hydrogens is 699 g/mol. The Balaban J connectivity index is 1.12. The van der Waals surface area contributed by atoms with E-state index >= 15 is 0 Å². The number of phenols is 1. The number of ketones is 1. The van der Waals surface area contributed by atoms with Gasteiger partial charge < -0.3 is 29.0 Å². The van der Waals surface area contributed by atoms with Crippen LogP contribution < -0.4 is 14.2 Å². The fraction of sp³-hybridized carbons (Fsp3) is 0.442. The van der Waals surface area contributed by atoms with Crippen LogP contribution in [-0.4, -0.2) is 94.8 Å². The smallest absolute Gasteiger partial charge is 0.250 e. The van der Waals surface area contributed by atoms with Gasteiger partial charge in [0.1, 0.15) is 23.8 Å². The molecule has 1 saturated heterocycles. The fourth-order valence-electron chi connectivity index (χ4n) is 6.20. The molecule has 0 bridgehead atoms. The lowest BCUT2D eigenvalue weighted by atomic mass is 9.87. The van der Waals surface area contributed by atoms with Gasteiger partial charge in [-0.2, -0.15) is 0 Å². The summed E-state index contributed by atoms with van der Waals surface area (Å²) in [5.41, 5.74) is 3.67. The van der Waals surface area contributed by atoms with Gasteiger partial charge in [-0.05, 0) is 80.9 Å². The van der Waals surface area contributed by atoms with Gasteiger partial charge in [0.05, 0.1) is 51.8 Å². The van der Waals surface area contributed by atoms with Gasteiger partial charge in [-0.1, -0.05) is 55.0 Å². The van der Waals surface area contributed by atoms with Gasteiger partial charge in [0.15, 0.2) is 17.3 Å². The highest BCUT2D eigenvalue weighted by molar-refractivity contribution is 6.08. The van der Waals surface area contributed by atoms with Crippen molar-refractivity contribution in [2.24, 2.45) is 5.41 Å². The van der Waals surface area contributed by atoms with E-state index in [-0.39, 0.29) is 35.0 Å². The third-order valence-corrected chi connectivity index (χ3v) is 9.65. The zero-order valence-corrected chi connectivity index (χ0v) is 32.8. The molecule has 3 heterocycles. The van der Waals surface area contributed by atoms with Gasteiger partial charge in [0.2, 0.25) is 0 Å². The average Bonchev–Trinajstić information content (AvgIpc) is 3.63. The van der Waals surface area contributed by atoms with E-state index in [0.29, 0.717) is 42.6 Å². The highest BCUT2D eigenvalue weighted by Crippen LogP contribution is 2.30. The number of carbonyl (C=O) groups is 2. The summed E-state index contributed by atoms with van der Waals surface area (Å²) in [6.45, 7) is 14.2. The third kappa shape index (κ3) is 12.7. The Bertz CT molecular complexity index is 1890. The maximum Gasteiger partial charge on any atom is 0.250 e. The van der Waals surface area contributed by atoms with E-state index < -0.39 is 0 Å². The summed E-state index contributed by atoms with van der Waals surface area (Å²) in [6.07, 6.45) is 16.5. The summed E-state index contributed by atoms with van der Waals surface area (Å²) in [5.74, 6) is 1.00. The van der Waals surface area contributed by atoms with Crippen LogP contribution in [0.15, 0.2) is 84.2 Å². The number of rotatable bonds is 15. The van der Waals surface area contributed by atoms with Crippen LogP contribution in [-0.2, 0) is 22.6 Å². The number of carbonyl (C=O) groups excluding carboxylic acids is 2. The zero-order chi connectivity index (χ0) is 39.2. The van der Waals surface area contributed by atoms with Crippen LogP contribution in [0.5, 0.6) is 23.0 Å². The van der Waals surface area contributed by atoms with E-state index in [4.69, 9.17) is 18.9 Å². The van der Waals surface area contributed by atoms with E-state index in [1.807, 2.05) is 31.2 Å². The first-order valence-electron chi connectivity index (χ1n) is 19.0. The highest BCUT2D eigenvalue weighted by atomic mass is 16.5. The van der Waals surface area contributed by atoms with Gasteiger partial charge in [-0.25, -0.2) is 4.68 Å². The van der Waals surface area contributed by atoms with Crippen molar-refractivity contribution >= 4 is 17.8 Å². The Kier molecular flexibility index (Phi) is 14.8. The normalized spacial score (nSPS) is 18.5. The minimum Gasteiger partial charge on any atom is -0.507 e. The van der Waals surface area contributed by atoms with Crippen molar-refractivity contribution in [3.05, 3.63) is 101 Å². The van der Waals surface area contributed by atoms with E-state index in [1.165, 1.54) is 17.7 Å². The number of allylic oxidation sites excluding steroid dienone is 6. The summed E-state index contributed by atoms with van der Waals surface area (Å²) in [4.78, 5) is 30.4. The largest absolute Gasteiger partial charge is 0.507 e. The molecule has 1 fully saturated rings. The standard InChI is InChI=1S/C43H55N5O7/c1-32-8-6-9-33(2)48(42(51)17-19-43(3,4)18-16-32)31-35-30-47(45-44-35)23-27-54-36-12-13-37(39(50)29-36)38(49)14-10-34-11-15-40(52-5)41(28-34)55-24-7-20-46-21-25-53-26-22-46/h9-17,19,28-30,50H,6-8,18,20-27,31H2,1-5H3/b14-10+,19-17+,32-16+,33-9?. The van der Waals surface area contributed by atoms with Gasteiger partial charge in [0.25, 0.3) is 5.91 Å². The Morgan fingerprint density at radius 3 is 2.62 bits per heavy atom. The van der Waals surface area contributed by atoms with Crippen LogP contribution in [0.3, 0.4) is 0 Å². The van der Waals surface area contributed by atoms with Gasteiger partial charge in [-0.3, -0.25) is 14.5 Å². The highest BCUT2D eigenvalue weighted by Gasteiger charge is 2.19. The molecule has 12 heteroatoms. The number of hydrogen-bond acceptors (Lipinski definition) is 10. The maximum atomic E-state index is 13.3. The average molecular weight is 754 g/mol. The minimum atomic E-state index is -0.352. The van der Waals surface area contributed by atoms with Crippen LogP contribution in [0.1, 0.15) is 75.0 Å². The number of aromatic hydroxyl groups is 1. The number of morpholine rings is 1. The number of hydrogen-bond donors (Lipinski definition) is 1. The van der Waals surface area contributed by atoms with Crippen molar-refractivity contribution in [3.8, 4) is 23.0 Å². The quantitative estimate of drug-likeness (QED) is 0.0749. The van der Waals surface area contributed by atoms with Crippen molar-refractivity contribution in [3.63, 3.8) is 0 Å². The van der Waals surface area contributed by atoms with E-state index in [2.05, 4.69) is 48.1 Å². The molecule has 1 amide bonds. The second-order valence-electron chi connectivity index (χ2n) is 14.6. The molecule has 55 heavy (non-hydrogen) atoms. The summed E-state index contributed by atoms with van der Waals surface area (Å²) < 4.78 is 24.4. The Morgan fingerprint density at radius 2 is 1.84 bits per heavy atom. The van der Waals surface area contributed by atoms with Crippen LogP contribution in [0.2, 0.25) is 0 Å². The van der Waals surface area contributed by atoms with Gasteiger partial charge in [-0.15, -0.1) is 5.10 Å². The molecule has 2 aromatic carbocycles. The molecule has 0 spiro atoms. The SMILES string of the molecule is COc1ccc(/C=C/C(=O)c2ccc(OCCn3cc(CN4C(=O)/C=C/C(C)(C)C/C=C(\C)CCC=C4C)nn3)cc2O)cc1OCCCN1CCOCC1. The van der Waals surface area contributed by atoms with Crippen molar-refractivity contribution in [2.75, 3.05) is 53.2 Å². The minimum absolute atomic E-state index is 0.0936. The Labute approximate surface area is 324 Å². The predicted octanol–water partition coefficient (Wildman–Crippen LogP) is 7.01. The second kappa shape index (κ2) is 19.9. The Hall–Kier alpha value is -5.20. The number of aromatic nitrogens is 3. The van der Waals surface area contributed by atoms with Crippen LogP contribution in [0, 0.1) is 5.41 Å². The molecule has 1 N–H and O–H groups in total. The lowest BCUT2D eigenvalue weighted by Gasteiger charge is -2.26. The molecule has 3 aromatic rings. The number of nitrogens with zero attached hydrogens (tertiary/aromatic N) is 5. The third-order valence-electron chi connectivity index (χ3n) is 9.65. The molecule has 1 aromatic heterocycles. The van der Waals surface area contributed by atoms with Crippen molar-refractivity contribution in [1.29, 1.82) is 0 Å². The molecule has 2 aliphatic heterocycles. The topological polar surface area (TPSA) is 128 Å². The molecule has 5 rings (SSSR count). The molecule has 0 aliphatic carbocycles. The zero-order valence-electron chi connectivity index (χ0n) is 32.8. The lowest BCUT2D eigenvalue weighted by Crippen LogP contribution is -2.37. The van der Waals surface area contributed by atoms with Gasteiger partial charge in [0, 0.05) is 37.5 Å². The first-order valence-corrected chi connectivity index (χ1v) is 19.0. The van der Waals surface area contributed by atoms with Crippen LogP contribution in [0.4, 0.5) is 0 Å². The van der Waals surface area contributed by atoms with E-state index in [9.17, 15) is 14.7 Å². The number of methoxy groups -OCH3 is 1. The predicted molar refractivity (Wildman–Crippen MR) is 212 cm³/mol. The maximum absolute atomic E-state index is 13.3. The molecule has 12 nitrogen and oxygen atoms in total. The first kappa shape index (κ1) is 41.0. The number of benzene rings is 2. The summed E-state index contributed by atoms with van der Waals surface area (Å²) in [6, 6.07) is 10.1. The molecule has 0 atom stereocenters. The monoisotopic (exact) mass is 753 g/mol. The van der Waals surface area contributed by atoms with E-state index in [1.54, 1.807) is 47.2 Å². The molecule has 2 aliphatic rings. The second-order valence-corrected chi connectivity index (χ2v) is 14.6. The molecule has 0 radical (unpaired) electrons. The number of ether oxygens (including phenoxy) is 4. The van der Waals surface area contributed by atoms with E-state index in [0.717, 1.165) is 69.8 Å². The first-order chi connectivity index (χ1) is 26.5. The molecular formula is C43H55N5O7. The summed E-state index contributed by atoms with van der Waals surface area (Å²) >= 11 is 0. The molecule has 0 saturated carbocycles. The summed E-state index contributed by atoms with van der Waals surface area (Å²) in [7, 11) is 1.60. The van der Waals surface area contributed by atoms with Crippen molar-refractivity contribution in [2.45, 2.75) is 66.5 Å². The van der Waals surface area contributed by atoms with Gasteiger partial charge >= 0.3 is 0 Å². The Morgan fingerprint density at radius 1 is 1.02 bits per heavy atom. The van der Waals surface area contributed by atoms with Crippen molar-refractivity contribution in [1.82, 2.24) is 24.8 Å². The molecule has 294 valence electrons. The number of phenolic OH excluding ortho intramolecular Hbond substituents is 1. The fourth-order valence-corrected chi connectivity index (χ4v) is 6.20. The summed E-state index contributed by atoms with van der Waals surface area (Å²) in [5, 5.41) is 19.2. The lowest BCUT2D eigenvalue weighted by molar-refractivity contribution is -0.124. The van der Waals surface area contributed by atoms with Crippen LogP contribution >= 0.6 is 0 Å².